The number of benzene rings is 1. The summed E-state index contributed by atoms with van der Waals surface area (Å²) in [6, 6.07) is 7.90. The fourth-order valence-corrected chi connectivity index (χ4v) is 2.33. The molecule has 102 valence electrons. The van der Waals surface area contributed by atoms with Gasteiger partial charge in [-0.3, -0.25) is 0 Å². The van der Waals surface area contributed by atoms with Crippen LogP contribution in [0, 0.1) is 0 Å². The molecular weight excluding hydrogens is 236 g/mol. The normalized spacial score (nSPS) is 12.0. The van der Waals surface area contributed by atoms with Crippen LogP contribution >= 0.6 is 0 Å². The summed E-state index contributed by atoms with van der Waals surface area (Å²) in [5.74, 6) is 0. The fourth-order valence-electron chi connectivity index (χ4n) is 2.33. The minimum Gasteiger partial charge on any atom is -0.423 e. The van der Waals surface area contributed by atoms with Crippen molar-refractivity contribution in [2.75, 3.05) is 0 Å². The van der Waals surface area contributed by atoms with E-state index in [1.54, 1.807) is 6.07 Å². The third kappa shape index (κ3) is 2.73. The van der Waals surface area contributed by atoms with Gasteiger partial charge in [-0.2, -0.15) is 0 Å². The van der Waals surface area contributed by atoms with Crippen molar-refractivity contribution in [3.63, 3.8) is 0 Å². The molecule has 2 nitrogen and oxygen atoms in total. The first kappa shape index (κ1) is 13.9. The summed E-state index contributed by atoms with van der Waals surface area (Å²) in [6.45, 7) is 8.72. The van der Waals surface area contributed by atoms with Crippen molar-refractivity contribution in [1.29, 1.82) is 0 Å². The van der Waals surface area contributed by atoms with Crippen LogP contribution in [-0.2, 0) is 11.8 Å². The molecular formula is C17H22O2. The maximum Gasteiger partial charge on any atom is 0.336 e. The lowest BCUT2D eigenvalue weighted by Crippen LogP contribution is -2.15. The van der Waals surface area contributed by atoms with Gasteiger partial charge in [-0.05, 0) is 35.4 Å². The maximum absolute atomic E-state index is 11.6. The second-order valence-electron chi connectivity index (χ2n) is 5.79. The fraction of sp³-hybridized carbons (Fsp3) is 0.471. The van der Waals surface area contributed by atoms with E-state index in [4.69, 9.17) is 4.42 Å². The summed E-state index contributed by atoms with van der Waals surface area (Å²) in [4.78, 5) is 11.6. The van der Waals surface area contributed by atoms with Crippen LogP contribution < -0.4 is 5.63 Å². The highest BCUT2D eigenvalue weighted by Gasteiger charge is 2.19. The Bertz CT molecular complexity index is 635. The zero-order chi connectivity index (χ0) is 14.0. The highest BCUT2D eigenvalue weighted by molar-refractivity contribution is 5.81. The molecule has 0 aliphatic rings. The molecule has 0 aliphatic carbocycles. The molecule has 0 saturated heterocycles. The Hall–Kier alpha value is -1.57. The Kier molecular flexibility index (Phi) is 3.79. The lowest BCUT2D eigenvalue weighted by Gasteiger charge is -2.23. The molecule has 1 heterocycles. The Morgan fingerprint density at radius 1 is 1.16 bits per heavy atom. The topological polar surface area (TPSA) is 30.2 Å². The van der Waals surface area contributed by atoms with Crippen molar-refractivity contribution >= 4 is 11.0 Å². The Morgan fingerprint density at radius 2 is 1.89 bits per heavy atom. The predicted molar refractivity (Wildman–Crippen MR) is 79.8 cm³/mol. The summed E-state index contributed by atoms with van der Waals surface area (Å²) >= 11 is 0. The van der Waals surface area contributed by atoms with Gasteiger partial charge in [0, 0.05) is 11.5 Å². The molecule has 2 heteroatoms. The van der Waals surface area contributed by atoms with E-state index in [0.29, 0.717) is 0 Å². The largest absolute Gasteiger partial charge is 0.423 e. The van der Waals surface area contributed by atoms with E-state index in [1.165, 1.54) is 5.56 Å². The van der Waals surface area contributed by atoms with Crippen molar-refractivity contribution in [2.45, 2.75) is 52.4 Å². The van der Waals surface area contributed by atoms with Crippen molar-refractivity contribution in [3.05, 3.63) is 45.8 Å². The monoisotopic (exact) mass is 258 g/mol. The van der Waals surface area contributed by atoms with Crippen molar-refractivity contribution in [2.24, 2.45) is 0 Å². The van der Waals surface area contributed by atoms with E-state index in [-0.39, 0.29) is 11.0 Å². The van der Waals surface area contributed by atoms with Crippen LogP contribution in [0.25, 0.3) is 11.0 Å². The standard InChI is InChI=1S/C17H22O2/c1-5-7-12-10-16(18)19-15-11-13(8-9-14(12)15)17(3,4)6-2/h8-11H,5-7H2,1-4H3. The molecule has 0 aliphatic heterocycles. The van der Waals surface area contributed by atoms with Gasteiger partial charge in [0.1, 0.15) is 5.58 Å². The van der Waals surface area contributed by atoms with E-state index in [9.17, 15) is 4.79 Å². The molecule has 0 N–H and O–H groups in total. The van der Waals surface area contributed by atoms with E-state index >= 15 is 0 Å². The molecule has 0 radical (unpaired) electrons. The van der Waals surface area contributed by atoms with Gasteiger partial charge in [-0.15, -0.1) is 0 Å². The SMILES string of the molecule is CCCc1cc(=O)oc2cc(C(C)(C)CC)ccc12. The Balaban J connectivity index is 2.64. The van der Waals surface area contributed by atoms with Gasteiger partial charge in [0.05, 0.1) is 0 Å². The first-order valence-corrected chi connectivity index (χ1v) is 7.05. The summed E-state index contributed by atoms with van der Waals surface area (Å²) < 4.78 is 5.37. The van der Waals surface area contributed by atoms with Crippen LogP contribution in [0.4, 0.5) is 0 Å². The number of hydrogen-bond acceptors (Lipinski definition) is 2. The summed E-state index contributed by atoms with van der Waals surface area (Å²) in [6.07, 6.45) is 3.00. The average molecular weight is 258 g/mol. The molecule has 1 aromatic carbocycles. The predicted octanol–water partition coefficient (Wildman–Crippen LogP) is 4.43. The van der Waals surface area contributed by atoms with Crippen LogP contribution in [0.3, 0.4) is 0 Å². The van der Waals surface area contributed by atoms with Crippen molar-refractivity contribution in [3.8, 4) is 0 Å². The quantitative estimate of drug-likeness (QED) is 0.759. The molecule has 2 rings (SSSR count). The zero-order valence-electron chi connectivity index (χ0n) is 12.2. The highest BCUT2D eigenvalue weighted by atomic mass is 16.4. The minimum atomic E-state index is -0.248. The molecule has 1 aromatic heterocycles. The van der Waals surface area contributed by atoms with Gasteiger partial charge < -0.3 is 4.42 Å². The number of aryl methyl sites for hydroxylation is 1. The third-order valence-corrected chi connectivity index (χ3v) is 4.01. The number of rotatable bonds is 4. The zero-order valence-corrected chi connectivity index (χ0v) is 12.2. The average Bonchev–Trinajstić information content (AvgIpc) is 2.38. The second-order valence-corrected chi connectivity index (χ2v) is 5.79. The van der Waals surface area contributed by atoms with Crippen LogP contribution in [0.15, 0.2) is 33.5 Å². The lowest BCUT2D eigenvalue weighted by molar-refractivity contribution is 0.503. The van der Waals surface area contributed by atoms with Gasteiger partial charge in [-0.1, -0.05) is 46.2 Å². The van der Waals surface area contributed by atoms with Gasteiger partial charge >= 0.3 is 5.63 Å². The molecule has 19 heavy (non-hydrogen) atoms. The van der Waals surface area contributed by atoms with Gasteiger partial charge in [0.2, 0.25) is 0 Å². The molecule has 0 unspecified atom stereocenters. The molecule has 2 aromatic rings. The molecule has 0 bridgehead atoms. The number of hydrogen-bond donors (Lipinski definition) is 0. The smallest absolute Gasteiger partial charge is 0.336 e. The third-order valence-electron chi connectivity index (χ3n) is 4.01. The summed E-state index contributed by atoms with van der Waals surface area (Å²) in [7, 11) is 0. The van der Waals surface area contributed by atoms with E-state index in [0.717, 1.165) is 35.8 Å². The molecule has 0 fully saturated rings. The van der Waals surface area contributed by atoms with Crippen LogP contribution in [0.1, 0.15) is 51.7 Å². The minimum absolute atomic E-state index is 0.105. The second kappa shape index (κ2) is 5.20. The van der Waals surface area contributed by atoms with E-state index < -0.39 is 0 Å². The maximum atomic E-state index is 11.6. The van der Waals surface area contributed by atoms with Crippen LogP contribution in [-0.4, -0.2) is 0 Å². The van der Waals surface area contributed by atoms with Crippen LogP contribution in [0.5, 0.6) is 0 Å². The van der Waals surface area contributed by atoms with Crippen molar-refractivity contribution < 1.29 is 4.42 Å². The molecule has 0 atom stereocenters. The number of fused-ring (bicyclic) bond motifs is 1. The van der Waals surface area contributed by atoms with E-state index in [2.05, 4.69) is 39.8 Å². The summed E-state index contributed by atoms with van der Waals surface area (Å²) in [5.41, 5.74) is 2.89. The molecule has 0 spiro atoms. The molecule has 0 saturated carbocycles. The van der Waals surface area contributed by atoms with Crippen molar-refractivity contribution in [1.82, 2.24) is 0 Å². The van der Waals surface area contributed by atoms with E-state index in [1.807, 2.05) is 6.07 Å². The summed E-state index contributed by atoms with van der Waals surface area (Å²) in [5, 5.41) is 1.07. The van der Waals surface area contributed by atoms with Gasteiger partial charge in [0.15, 0.2) is 0 Å². The first-order valence-electron chi connectivity index (χ1n) is 7.05. The van der Waals surface area contributed by atoms with Crippen LogP contribution in [0.2, 0.25) is 0 Å². The Labute approximate surface area is 114 Å². The molecule has 0 amide bonds. The first-order chi connectivity index (χ1) is 8.97. The highest BCUT2D eigenvalue weighted by Crippen LogP contribution is 2.30. The van der Waals surface area contributed by atoms with Gasteiger partial charge in [-0.25, -0.2) is 4.79 Å². The Morgan fingerprint density at radius 3 is 2.53 bits per heavy atom. The van der Waals surface area contributed by atoms with Gasteiger partial charge in [0.25, 0.3) is 0 Å². The lowest BCUT2D eigenvalue weighted by atomic mass is 9.82.